The Morgan fingerprint density at radius 3 is 2.38 bits per heavy atom. The van der Waals surface area contributed by atoms with Crippen LogP contribution in [-0.2, 0) is 18.7 Å². The van der Waals surface area contributed by atoms with Crippen LogP contribution in [0.2, 0.25) is 18.1 Å². The monoisotopic (exact) mass is 312 g/mol. The first-order chi connectivity index (χ1) is 9.29. The van der Waals surface area contributed by atoms with Crippen LogP contribution in [0.4, 0.5) is 0 Å². The van der Waals surface area contributed by atoms with Crippen molar-refractivity contribution in [2.24, 2.45) is 0 Å². The van der Waals surface area contributed by atoms with Gasteiger partial charge in [0.25, 0.3) is 0 Å². The molecule has 0 bridgehead atoms. The highest BCUT2D eigenvalue weighted by molar-refractivity contribution is 6.74. The topological polar surface area (TPSA) is 44.8 Å². The van der Waals surface area contributed by atoms with E-state index in [0.717, 1.165) is 5.57 Å². The van der Waals surface area contributed by atoms with E-state index in [-0.39, 0.29) is 16.9 Å². The molecular formula is C16H28O4Si. The molecule has 0 spiro atoms. The van der Waals surface area contributed by atoms with Gasteiger partial charge in [0.05, 0.1) is 6.61 Å². The van der Waals surface area contributed by atoms with Gasteiger partial charge in [-0.2, -0.15) is 0 Å². The number of ketones is 1. The van der Waals surface area contributed by atoms with Crippen molar-refractivity contribution in [3.63, 3.8) is 0 Å². The lowest BCUT2D eigenvalue weighted by molar-refractivity contribution is -0.167. The molecule has 120 valence electrons. The smallest absolute Gasteiger partial charge is 0.192 e. The molecule has 0 aromatic rings. The van der Waals surface area contributed by atoms with E-state index in [0.29, 0.717) is 6.61 Å². The summed E-state index contributed by atoms with van der Waals surface area (Å²) in [4.78, 5) is 12.3. The van der Waals surface area contributed by atoms with Crippen LogP contribution in [0.15, 0.2) is 11.6 Å². The van der Waals surface area contributed by atoms with Gasteiger partial charge in [-0.25, -0.2) is 0 Å². The third-order valence-corrected chi connectivity index (χ3v) is 9.39. The van der Waals surface area contributed by atoms with Crippen LogP contribution in [0, 0.1) is 0 Å². The number of hydrogen-bond donors (Lipinski definition) is 0. The van der Waals surface area contributed by atoms with E-state index in [2.05, 4.69) is 33.9 Å². The fraction of sp³-hybridized carbons (Fsp3) is 0.812. The van der Waals surface area contributed by atoms with Gasteiger partial charge in [0.15, 0.2) is 25.5 Å². The maximum absolute atomic E-state index is 12.3. The average molecular weight is 312 g/mol. The quantitative estimate of drug-likeness (QED) is 0.749. The molecule has 0 aromatic heterocycles. The SMILES string of the molecule is CC1(C)O[C@@H]2C(CO[Si](C)(C)C(C)(C)C)=CC(=O)[C@]2(C)O1. The summed E-state index contributed by atoms with van der Waals surface area (Å²) in [5, 5.41) is 0.145. The number of fused-ring (bicyclic) bond motifs is 1. The molecule has 0 amide bonds. The molecule has 21 heavy (non-hydrogen) atoms. The number of carbonyl (C=O) groups is 1. The molecule has 4 nitrogen and oxygen atoms in total. The van der Waals surface area contributed by atoms with Crippen LogP contribution in [0.25, 0.3) is 0 Å². The molecule has 1 saturated heterocycles. The maximum Gasteiger partial charge on any atom is 0.192 e. The first-order valence-corrected chi connectivity index (χ1v) is 10.5. The molecule has 0 radical (unpaired) electrons. The van der Waals surface area contributed by atoms with Crippen molar-refractivity contribution in [3.05, 3.63) is 11.6 Å². The van der Waals surface area contributed by atoms with E-state index >= 15 is 0 Å². The number of rotatable bonds is 3. The summed E-state index contributed by atoms with van der Waals surface area (Å²) in [6.07, 6.45) is 1.32. The van der Waals surface area contributed by atoms with Gasteiger partial charge in [-0.3, -0.25) is 4.79 Å². The summed E-state index contributed by atoms with van der Waals surface area (Å²) in [7, 11) is -1.85. The second-order valence-corrected chi connectivity index (χ2v) is 13.0. The fourth-order valence-corrected chi connectivity index (χ4v) is 3.54. The lowest BCUT2D eigenvalue weighted by Gasteiger charge is -2.36. The Morgan fingerprint density at radius 1 is 1.29 bits per heavy atom. The Labute approximate surface area is 129 Å². The third-order valence-electron chi connectivity index (χ3n) is 4.91. The zero-order valence-corrected chi connectivity index (χ0v) is 15.5. The first kappa shape index (κ1) is 16.9. The van der Waals surface area contributed by atoms with Gasteiger partial charge in [-0.05, 0) is 50.6 Å². The Balaban J connectivity index is 2.13. The van der Waals surface area contributed by atoms with Crippen LogP contribution in [0.1, 0.15) is 41.5 Å². The molecule has 2 atom stereocenters. The van der Waals surface area contributed by atoms with Crippen LogP contribution >= 0.6 is 0 Å². The molecule has 0 saturated carbocycles. The second-order valence-electron chi connectivity index (χ2n) is 8.24. The molecule has 1 heterocycles. The van der Waals surface area contributed by atoms with E-state index in [1.54, 1.807) is 6.08 Å². The number of ether oxygens (including phenoxy) is 2. The number of carbonyl (C=O) groups excluding carboxylic acids is 1. The first-order valence-electron chi connectivity index (χ1n) is 7.55. The number of hydrogen-bond acceptors (Lipinski definition) is 4. The van der Waals surface area contributed by atoms with Gasteiger partial charge in [0, 0.05) is 0 Å². The van der Waals surface area contributed by atoms with Gasteiger partial charge < -0.3 is 13.9 Å². The lowest BCUT2D eigenvalue weighted by Crippen LogP contribution is -2.43. The van der Waals surface area contributed by atoms with E-state index < -0.39 is 19.7 Å². The summed E-state index contributed by atoms with van der Waals surface area (Å²) in [5.41, 5.74) is 0.00760. The summed E-state index contributed by atoms with van der Waals surface area (Å²) < 4.78 is 18.0. The van der Waals surface area contributed by atoms with Gasteiger partial charge in [0.2, 0.25) is 0 Å². The van der Waals surface area contributed by atoms with Gasteiger partial charge in [0.1, 0.15) is 6.10 Å². The van der Waals surface area contributed by atoms with E-state index in [1.807, 2.05) is 20.8 Å². The van der Waals surface area contributed by atoms with Crippen molar-refractivity contribution in [3.8, 4) is 0 Å². The predicted molar refractivity (Wildman–Crippen MR) is 84.7 cm³/mol. The highest BCUT2D eigenvalue weighted by Crippen LogP contribution is 2.45. The molecule has 2 rings (SSSR count). The molecule has 0 unspecified atom stereocenters. The predicted octanol–water partition coefficient (Wildman–Crippen LogP) is 3.43. The zero-order valence-electron chi connectivity index (χ0n) is 14.5. The minimum Gasteiger partial charge on any atom is -0.413 e. The average Bonchev–Trinajstić information content (AvgIpc) is 2.64. The van der Waals surface area contributed by atoms with Crippen molar-refractivity contribution in [1.29, 1.82) is 0 Å². The minimum atomic E-state index is -1.85. The summed E-state index contributed by atoms with van der Waals surface area (Å²) >= 11 is 0. The van der Waals surface area contributed by atoms with Crippen LogP contribution < -0.4 is 0 Å². The van der Waals surface area contributed by atoms with Crippen molar-refractivity contribution < 1.29 is 18.7 Å². The molecule has 0 N–H and O–H groups in total. The van der Waals surface area contributed by atoms with Crippen molar-refractivity contribution >= 4 is 14.1 Å². The molecular weight excluding hydrogens is 284 g/mol. The Kier molecular flexibility index (Phi) is 3.82. The lowest BCUT2D eigenvalue weighted by atomic mass is 9.98. The highest BCUT2D eigenvalue weighted by atomic mass is 28.4. The molecule has 1 aliphatic heterocycles. The van der Waals surface area contributed by atoms with Crippen LogP contribution in [0.3, 0.4) is 0 Å². The maximum atomic E-state index is 12.3. The Bertz CT molecular complexity index is 487. The minimum absolute atomic E-state index is 0.0214. The van der Waals surface area contributed by atoms with Crippen LogP contribution in [0.5, 0.6) is 0 Å². The van der Waals surface area contributed by atoms with Crippen molar-refractivity contribution in [2.75, 3.05) is 6.61 Å². The van der Waals surface area contributed by atoms with Gasteiger partial charge in [-0.1, -0.05) is 20.8 Å². The second kappa shape index (κ2) is 4.75. The van der Waals surface area contributed by atoms with E-state index in [9.17, 15) is 4.79 Å². The molecule has 1 fully saturated rings. The summed E-state index contributed by atoms with van der Waals surface area (Å²) in [5.74, 6) is -0.752. The molecule has 5 heteroatoms. The van der Waals surface area contributed by atoms with Crippen molar-refractivity contribution in [1.82, 2.24) is 0 Å². The standard InChI is InChI=1S/C16H28O4Si/c1-14(2,3)21(7,8)18-10-11-9-12(17)16(6)13(11)19-15(4,5)20-16/h9,13H,10H2,1-8H3/t13-,16+/m1/s1. The largest absolute Gasteiger partial charge is 0.413 e. The Hall–Kier alpha value is -0.493. The molecule has 2 aliphatic rings. The Morgan fingerprint density at radius 2 is 1.86 bits per heavy atom. The normalized spacial score (nSPS) is 32.3. The summed E-state index contributed by atoms with van der Waals surface area (Å²) in [6.45, 7) is 17.0. The molecule has 0 aromatic carbocycles. The highest BCUT2D eigenvalue weighted by Gasteiger charge is 2.59. The van der Waals surface area contributed by atoms with Gasteiger partial charge >= 0.3 is 0 Å². The third kappa shape index (κ3) is 2.89. The van der Waals surface area contributed by atoms with Crippen molar-refractivity contribution in [2.45, 2.75) is 77.2 Å². The molecule has 1 aliphatic carbocycles. The zero-order chi connectivity index (χ0) is 16.3. The van der Waals surface area contributed by atoms with Crippen LogP contribution in [-0.4, -0.2) is 38.2 Å². The van der Waals surface area contributed by atoms with E-state index in [1.165, 1.54) is 0 Å². The van der Waals surface area contributed by atoms with E-state index in [4.69, 9.17) is 13.9 Å². The van der Waals surface area contributed by atoms with Gasteiger partial charge in [-0.15, -0.1) is 0 Å². The summed E-state index contributed by atoms with van der Waals surface area (Å²) in [6, 6.07) is 0. The fourth-order valence-electron chi connectivity index (χ4n) is 2.58.